The van der Waals surface area contributed by atoms with E-state index in [-0.39, 0.29) is 18.5 Å². The Hall–Kier alpha value is -1.66. The van der Waals surface area contributed by atoms with Gasteiger partial charge in [0.25, 0.3) is 0 Å². The first-order valence-electron chi connectivity index (χ1n) is 25.6. The van der Waals surface area contributed by atoms with Crippen molar-refractivity contribution >= 4 is 11.9 Å². The average Bonchev–Trinajstić information content (AvgIpc) is 3.22. The monoisotopic (exact) mass is 818 g/mol. The maximum Gasteiger partial charge on any atom is 0.305 e. The van der Waals surface area contributed by atoms with Gasteiger partial charge in [-0.2, -0.15) is 0 Å². The fourth-order valence-electron chi connectivity index (χ4n) is 7.74. The van der Waals surface area contributed by atoms with Crippen molar-refractivity contribution in [1.29, 1.82) is 0 Å². The number of carbonyl (C=O) groups is 2. The molecule has 0 heterocycles. The van der Waals surface area contributed by atoms with Crippen molar-refractivity contribution < 1.29 is 24.5 Å². The zero-order valence-electron chi connectivity index (χ0n) is 38.8. The van der Waals surface area contributed by atoms with E-state index in [1.54, 1.807) is 0 Å². The second kappa shape index (κ2) is 48.0. The first-order valence-corrected chi connectivity index (χ1v) is 25.6. The molecule has 1 amide bonds. The van der Waals surface area contributed by atoms with Crippen LogP contribution in [-0.4, -0.2) is 47.4 Å². The van der Waals surface area contributed by atoms with E-state index in [4.69, 9.17) is 4.74 Å². The lowest BCUT2D eigenvalue weighted by Crippen LogP contribution is -2.45. The van der Waals surface area contributed by atoms with Crippen molar-refractivity contribution in [3.8, 4) is 0 Å². The standard InChI is InChI=1S/C52H99NO5/c1-3-5-7-9-11-13-15-17-19-20-21-22-24-28-32-36-40-44-50(55)49(48-54)53-51(56)45-41-37-33-29-26-27-31-35-39-43-47-58-52(57)46-42-38-34-30-25-23-18-16-14-12-10-8-6-4-2/h16,18,27,31,49-50,54-55H,3-15,17,19-26,28-30,32-48H2,1-2H3,(H,53,56)/b18-16-,31-27-. The molecule has 6 heteroatoms. The summed E-state index contributed by atoms with van der Waals surface area (Å²) in [6.07, 6.45) is 55.7. The molecular weight excluding hydrogens is 719 g/mol. The number of rotatable bonds is 47. The molecule has 0 aliphatic heterocycles. The molecule has 0 aliphatic rings. The van der Waals surface area contributed by atoms with Gasteiger partial charge in [-0.15, -0.1) is 0 Å². The highest BCUT2D eigenvalue weighted by molar-refractivity contribution is 5.76. The third-order valence-corrected chi connectivity index (χ3v) is 11.7. The molecule has 342 valence electrons. The van der Waals surface area contributed by atoms with E-state index in [2.05, 4.69) is 43.5 Å². The Bertz CT molecular complexity index is 904. The van der Waals surface area contributed by atoms with Crippen LogP contribution in [-0.2, 0) is 14.3 Å². The minimum Gasteiger partial charge on any atom is -0.466 e. The Balaban J connectivity index is 3.54. The third kappa shape index (κ3) is 43.9. The Morgan fingerprint density at radius 1 is 0.466 bits per heavy atom. The molecule has 0 fully saturated rings. The van der Waals surface area contributed by atoms with Crippen molar-refractivity contribution in [2.24, 2.45) is 0 Å². The largest absolute Gasteiger partial charge is 0.466 e. The highest BCUT2D eigenvalue weighted by Crippen LogP contribution is 2.16. The smallest absolute Gasteiger partial charge is 0.305 e. The van der Waals surface area contributed by atoms with Crippen LogP contribution in [0.5, 0.6) is 0 Å². The summed E-state index contributed by atoms with van der Waals surface area (Å²) in [7, 11) is 0. The molecule has 0 spiro atoms. The van der Waals surface area contributed by atoms with Gasteiger partial charge in [-0.25, -0.2) is 0 Å². The van der Waals surface area contributed by atoms with E-state index in [9.17, 15) is 19.8 Å². The molecule has 2 unspecified atom stereocenters. The van der Waals surface area contributed by atoms with Gasteiger partial charge in [-0.05, 0) is 77.0 Å². The number of ether oxygens (including phenoxy) is 1. The number of esters is 1. The predicted octanol–water partition coefficient (Wildman–Crippen LogP) is 15.1. The van der Waals surface area contributed by atoms with E-state index < -0.39 is 12.1 Å². The zero-order valence-corrected chi connectivity index (χ0v) is 38.8. The molecule has 3 N–H and O–H groups in total. The summed E-state index contributed by atoms with van der Waals surface area (Å²) in [6.45, 7) is 4.85. The molecule has 0 aromatic rings. The summed E-state index contributed by atoms with van der Waals surface area (Å²) >= 11 is 0. The maximum atomic E-state index is 12.4. The van der Waals surface area contributed by atoms with E-state index >= 15 is 0 Å². The predicted molar refractivity (Wildman–Crippen MR) is 250 cm³/mol. The number of nitrogens with one attached hydrogen (secondary N) is 1. The van der Waals surface area contributed by atoms with Crippen molar-refractivity contribution in [1.82, 2.24) is 5.32 Å². The number of amides is 1. The van der Waals surface area contributed by atoms with E-state index in [1.165, 1.54) is 161 Å². The van der Waals surface area contributed by atoms with Gasteiger partial charge >= 0.3 is 5.97 Å². The van der Waals surface area contributed by atoms with Gasteiger partial charge < -0.3 is 20.3 Å². The lowest BCUT2D eigenvalue weighted by Gasteiger charge is -2.22. The van der Waals surface area contributed by atoms with Crippen molar-refractivity contribution in [3.05, 3.63) is 24.3 Å². The van der Waals surface area contributed by atoms with Gasteiger partial charge in [0.2, 0.25) is 5.91 Å². The lowest BCUT2D eigenvalue weighted by atomic mass is 10.0. The van der Waals surface area contributed by atoms with Gasteiger partial charge in [0.05, 0.1) is 25.4 Å². The molecule has 0 saturated carbocycles. The van der Waals surface area contributed by atoms with Crippen LogP contribution in [0, 0.1) is 0 Å². The summed E-state index contributed by atoms with van der Waals surface area (Å²) < 4.78 is 5.42. The number of aliphatic hydroxyl groups excluding tert-OH is 2. The third-order valence-electron chi connectivity index (χ3n) is 11.7. The molecule has 0 aromatic heterocycles. The summed E-state index contributed by atoms with van der Waals surface area (Å²) in [4.78, 5) is 24.4. The first kappa shape index (κ1) is 56.3. The van der Waals surface area contributed by atoms with Crippen LogP contribution in [0.1, 0.15) is 271 Å². The molecule has 2 atom stereocenters. The van der Waals surface area contributed by atoms with E-state index in [0.29, 0.717) is 25.9 Å². The van der Waals surface area contributed by atoms with E-state index in [1.807, 2.05) is 0 Å². The summed E-state index contributed by atoms with van der Waals surface area (Å²) in [5.41, 5.74) is 0. The van der Waals surface area contributed by atoms with Crippen molar-refractivity contribution in [2.75, 3.05) is 13.2 Å². The van der Waals surface area contributed by atoms with Crippen LogP contribution in [0.15, 0.2) is 24.3 Å². The molecule has 0 radical (unpaired) electrons. The lowest BCUT2D eigenvalue weighted by molar-refractivity contribution is -0.143. The number of allylic oxidation sites excluding steroid dienone is 4. The number of hydrogen-bond donors (Lipinski definition) is 3. The molecule has 0 bridgehead atoms. The van der Waals surface area contributed by atoms with Crippen LogP contribution in [0.4, 0.5) is 0 Å². The highest BCUT2D eigenvalue weighted by atomic mass is 16.5. The van der Waals surface area contributed by atoms with Crippen LogP contribution in [0.2, 0.25) is 0 Å². The van der Waals surface area contributed by atoms with Gasteiger partial charge in [0.15, 0.2) is 0 Å². The van der Waals surface area contributed by atoms with Crippen LogP contribution in [0.25, 0.3) is 0 Å². The van der Waals surface area contributed by atoms with Gasteiger partial charge in [0.1, 0.15) is 0 Å². The van der Waals surface area contributed by atoms with Gasteiger partial charge in [0, 0.05) is 12.8 Å². The molecule has 0 rings (SSSR count). The number of carbonyl (C=O) groups excluding carboxylic acids is 2. The maximum absolute atomic E-state index is 12.4. The Labute approximate surface area is 361 Å². The topological polar surface area (TPSA) is 95.9 Å². The van der Waals surface area contributed by atoms with Crippen LogP contribution >= 0.6 is 0 Å². The zero-order chi connectivity index (χ0) is 42.3. The summed E-state index contributed by atoms with van der Waals surface area (Å²) in [5.74, 6) is -0.115. The second-order valence-corrected chi connectivity index (χ2v) is 17.5. The minimum atomic E-state index is -0.686. The van der Waals surface area contributed by atoms with Crippen LogP contribution < -0.4 is 5.32 Å². The summed E-state index contributed by atoms with van der Waals surface area (Å²) in [6, 6.07) is -0.567. The Morgan fingerprint density at radius 3 is 1.22 bits per heavy atom. The molecule has 0 aliphatic carbocycles. The van der Waals surface area contributed by atoms with Crippen LogP contribution in [0.3, 0.4) is 0 Å². The van der Waals surface area contributed by atoms with Gasteiger partial charge in [-0.3, -0.25) is 9.59 Å². The number of hydrogen-bond acceptors (Lipinski definition) is 5. The molecule has 58 heavy (non-hydrogen) atoms. The SMILES string of the molecule is CCCCCCC/C=C\CCCCCCCC(=O)OCCCC/C=C\CCCCCCC(=O)NC(CO)C(O)CCCCCCCCCCCCCCCCCCC. The Morgan fingerprint density at radius 2 is 0.810 bits per heavy atom. The normalized spacial score (nSPS) is 12.8. The average molecular weight is 818 g/mol. The number of unbranched alkanes of at least 4 members (excludes halogenated alkanes) is 32. The first-order chi connectivity index (χ1) is 28.5. The minimum absolute atomic E-state index is 0.0448. The Kier molecular flexibility index (Phi) is 46.6. The van der Waals surface area contributed by atoms with Gasteiger partial charge in [-0.1, -0.05) is 205 Å². The number of aliphatic hydroxyl groups is 2. The fourth-order valence-corrected chi connectivity index (χ4v) is 7.74. The molecule has 0 aromatic carbocycles. The van der Waals surface area contributed by atoms with E-state index in [0.717, 1.165) is 77.0 Å². The van der Waals surface area contributed by atoms with Crippen molar-refractivity contribution in [3.63, 3.8) is 0 Å². The quantitative estimate of drug-likeness (QED) is 0.0323. The molecule has 0 saturated heterocycles. The molecular formula is C52H99NO5. The molecule has 6 nitrogen and oxygen atoms in total. The summed E-state index contributed by atoms with van der Waals surface area (Å²) in [5, 5.41) is 23.2. The highest BCUT2D eigenvalue weighted by Gasteiger charge is 2.20. The fraction of sp³-hybridized carbons (Fsp3) is 0.885. The second-order valence-electron chi connectivity index (χ2n) is 17.5. The van der Waals surface area contributed by atoms with Crippen molar-refractivity contribution in [2.45, 2.75) is 283 Å².